The summed E-state index contributed by atoms with van der Waals surface area (Å²) in [6, 6.07) is 0. The highest BCUT2D eigenvalue weighted by atomic mass is 31.2. The summed E-state index contributed by atoms with van der Waals surface area (Å²) in [5.74, 6) is -1.07. The molecule has 6 heteroatoms. The first kappa shape index (κ1) is 12.7. The largest absolute Gasteiger partial charge is 0.481 e. The zero-order valence-electron chi connectivity index (χ0n) is 8.50. The number of hydrogen-bond acceptors (Lipinski definition) is 3. The molecule has 0 amide bonds. The van der Waals surface area contributed by atoms with Crippen molar-refractivity contribution >= 4 is 13.3 Å². The molecule has 0 aromatic carbocycles. The van der Waals surface area contributed by atoms with Crippen molar-refractivity contribution in [3.63, 3.8) is 0 Å². The van der Waals surface area contributed by atoms with Gasteiger partial charge in [-0.2, -0.15) is 0 Å². The van der Waals surface area contributed by atoms with Gasteiger partial charge < -0.3 is 15.1 Å². The molecular weight excluding hydrogens is 219 g/mol. The Hall–Kier alpha value is -0.380. The zero-order valence-corrected chi connectivity index (χ0v) is 9.40. The Morgan fingerprint density at radius 1 is 1.33 bits per heavy atom. The molecular formula is C9H17O5P. The van der Waals surface area contributed by atoms with Crippen LogP contribution >= 0.6 is 7.37 Å². The molecule has 1 aliphatic carbocycles. The van der Waals surface area contributed by atoms with Crippen LogP contribution < -0.4 is 0 Å². The Balaban J connectivity index is 2.58. The van der Waals surface area contributed by atoms with E-state index >= 15 is 0 Å². The van der Waals surface area contributed by atoms with Crippen molar-refractivity contribution in [1.29, 1.82) is 0 Å². The molecule has 5 nitrogen and oxygen atoms in total. The van der Waals surface area contributed by atoms with Crippen LogP contribution in [0.3, 0.4) is 0 Å². The van der Waals surface area contributed by atoms with E-state index in [0.717, 1.165) is 12.8 Å². The summed E-state index contributed by atoms with van der Waals surface area (Å²) < 4.78 is 11.8. The van der Waals surface area contributed by atoms with Crippen LogP contribution in [-0.4, -0.2) is 39.0 Å². The van der Waals surface area contributed by atoms with Gasteiger partial charge in [0.15, 0.2) is 0 Å². The van der Waals surface area contributed by atoms with Crippen molar-refractivity contribution in [2.75, 3.05) is 6.16 Å². The van der Waals surface area contributed by atoms with Crippen molar-refractivity contribution in [3.8, 4) is 0 Å². The fourth-order valence-corrected chi connectivity index (χ4v) is 4.10. The molecule has 0 spiro atoms. The molecule has 1 aliphatic rings. The van der Waals surface area contributed by atoms with Crippen molar-refractivity contribution in [3.05, 3.63) is 0 Å². The van der Waals surface area contributed by atoms with E-state index in [9.17, 15) is 19.4 Å². The van der Waals surface area contributed by atoms with Gasteiger partial charge in [0.25, 0.3) is 0 Å². The van der Waals surface area contributed by atoms with Gasteiger partial charge in [-0.05, 0) is 12.8 Å². The number of aliphatic hydroxyl groups is 1. The molecule has 0 bridgehead atoms. The standard InChI is InChI=1S/C9H17O5P/c10-7-3-1-2-4-8(7)15(13,14)6-5-9(11)12/h7-8,10H,1-6H2,(H,11,12)(H,13,14)/t7-,8+/m1/s1. The van der Waals surface area contributed by atoms with Crippen LogP contribution in [0.4, 0.5) is 0 Å². The second-order valence-electron chi connectivity index (χ2n) is 4.04. The summed E-state index contributed by atoms with van der Waals surface area (Å²) in [4.78, 5) is 20.0. The third-order valence-corrected chi connectivity index (χ3v) is 5.36. The highest BCUT2D eigenvalue weighted by Crippen LogP contribution is 2.52. The number of aliphatic hydroxyl groups excluding tert-OH is 1. The third-order valence-electron chi connectivity index (χ3n) is 2.86. The third kappa shape index (κ3) is 3.59. The Morgan fingerprint density at radius 3 is 2.47 bits per heavy atom. The number of aliphatic carboxylic acids is 1. The van der Waals surface area contributed by atoms with Crippen LogP contribution in [-0.2, 0) is 9.36 Å². The van der Waals surface area contributed by atoms with Gasteiger partial charge in [-0.15, -0.1) is 0 Å². The predicted molar refractivity (Wildman–Crippen MR) is 55.2 cm³/mol. The van der Waals surface area contributed by atoms with E-state index in [1.165, 1.54) is 0 Å². The summed E-state index contributed by atoms with van der Waals surface area (Å²) >= 11 is 0. The fourth-order valence-electron chi connectivity index (χ4n) is 1.98. The number of hydrogen-bond donors (Lipinski definition) is 3. The van der Waals surface area contributed by atoms with E-state index in [1.54, 1.807) is 0 Å². The lowest BCUT2D eigenvalue weighted by Crippen LogP contribution is -2.30. The lowest BCUT2D eigenvalue weighted by molar-refractivity contribution is -0.136. The highest BCUT2D eigenvalue weighted by Gasteiger charge is 2.37. The van der Waals surface area contributed by atoms with Gasteiger partial charge in [-0.3, -0.25) is 9.36 Å². The minimum absolute atomic E-state index is 0.232. The van der Waals surface area contributed by atoms with Crippen molar-refractivity contribution < 1.29 is 24.5 Å². The summed E-state index contributed by atoms with van der Waals surface area (Å²) in [6.07, 6.45) is 1.48. The average Bonchev–Trinajstić information content (AvgIpc) is 2.15. The molecule has 0 aliphatic heterocycles. The van der Waals surface area contributed by atoms with Gasteiger partial charge in [0.05, 0.1) is 18.2 Å². The smallest absolute Gasteiger partial charge is 0.303 e. The van der Waals surface area contributed by atoms with E-state index in [0.29, 0.717) is 12.8 Å². The van der Waals surface area contributed by atoms with E-state index in [-0.39, 0.29) is 12.6 Å². The van der Waals surface area contributed by atoms with Crippen LogP contribution in [0.15, 0.2) is 0 Å². The van der Waals surface area contributed by atoms with Gasteiger partial charge in [-0.1, -0.05) is 12.8 Å². The van der Waals surface area contributed by atoms with E-state index in [1.807, 2.05) is 0 Å². The maximum Gasteiger partial charge on any atom is 0.303 e. The number of carboxylic acids is 1. The number of carboxylic acid groups (broad SMARTS) is 1. The zero-order chi connectivity index (χ0) is 11.5. The van der Waals surface area contributed by atoms with Gasteiger partial charge in [0.1, 0.15) is 0 Å². The van der Waals surface area contributed by atoms with Crippen LogP contribution in [0.5, 0.6) is 0 Å². The SMILES string of the molecule is O=C(O)CCP(=O)(O)[C@H]1CCCC[C@H]1O. The van der Waals surface area contributed by atoms with Gasteiger partial charge in [-0.25, -0.2) is 0 Å². The quantitative estimate of drug-likeness (QED) is 0.634. The molecule has 1 rings (SSSR count). The minimum atomic E-state index is -3.51. The van der Waals surface area contributed by atoms with Crippen LogP contribution in [0, 0.1) is 0 Å². The lowest BCUT2D eigenvalue weighted by atomic mass is 9.97. The van der Waals surface area contributed by atoms with E-state index in [2.05, 4.69) is 0 Å². The maximum atomic E-state index is 11.8. The molecule has 1 saturated carbocycles. The monoisotopic (exact) mass is 236 g/mol. The maximum absolute atomic E-state index is 11.8. The Bertz CT molecular complexity index is 278. The number of rotatable bonds is 4. The first-order valence-electron chi connectivity index (χ1n) is 5.15. The summed E-state index contributed by atoms with van der Waals surface area (Å²) in [5, 5.41) is 18.0. The van der Waals surface area contributed by atoms with Crippen molar-refractivity contribution in [2.45, 2.75) is 43.9 Å². The number of carbonyl (C=O) groups is 1. The van der Waals surface area contributed by atoms with E-state index in [4.69, 9.17) is 5.11 Å². The summed E-state index contributed by atoms with van der Waals surface area (Å²) in [7, 11) is -3.51. The topological polar surface area (TPSA) is 94.8 Å². The normalized spacial score (nSPS) is 30.8. The molecule has 0 aromatic heterocycles. The molecule has 0 aromatic rings. The average molecular weight is 236 g/mol. The summed E-state index contributed by atoms with van der Waals surface area (Å²) in [5.41, 5.74) is -0.620. The first-order chi connectivity index (χ1) is 6.93. The van der Waals surface area contributed by atoms with Gasteiger partial charge >= 0.3 is 5.97 Å². The molecule has 1 unspecified atom stereocenters. The molecule has 3 N–H and O–H groups in total. The molecule has 15 heavy (non-hydrogen) atoms. The summed E-state index contributed by atoms with van der Waals surface area (Å²) in [6.45, 7) is 0. The van der Waals surface area contributed by atoms with Gasteiger partial charge in [0, 0.05) is 6.16 Å². The van der Waals surface area contributed by atoms with Crippen molar-refractivity contribution in [1.82, 2.24) is 0 Å². The Morgan fingerprint density at radius 2 is 1.93 bits per heavy atom. The van der Waals surface area contributed by atoms with Crippen LogP contribution in [0.1, 0.15) is 32.1 Å². The van der Waals surface area contributed by atoms with Crippen LogP contribution in [0.25, 0.3) is 0 Å². The molecule has 88 valence electrons. The highest BCUT2D eigenvalue weighted by molar-refractivity contribution is 7.58. The van der Waals surface area contributed by atoms with E-state index < -0.39 is 25.1 Å². The molecule has 0 heterocycles. The second kappa shape index (κ2) is 5.10. The Kier molecular flexibility index (Phi) is 4.32. The minimum Gasteiger partial charge on any atom is -0.481 e. The molecule has 1 fully saturated rings. The van der Waals surface area contributed by atoms with Crippen molar-refractivity contribution in [2.24, 2.45) is 0 Å². The fraction of sp³-hybridized carbons (Fsp3) is 0.889. The predicted octanol–water partition coefficient (Wildman–Crippen LogP) is 1.03. The van der Waals surface area contributed by atoms with Crippen LogP contribution in [0.2, 0.25) is 0 Å². The second-order valence-corrected chi connectivity index (χ2v) is 6.66. The first-order valence-corrected chi connectivity index (χ1v) is 7.06. The molecule has 0 saturated heterocycles. The molecule has 0 radical (unpaired) electrons. The van der Waals surface area contributed by atoms with Gasteiger partial charge in [0.2, 0.25) is 7.37 Å². The molecule has 3 atom stereocenters. The lowest BCUT2D eigenvalue weighted by Gasteiger charge is -2.30. The Labute approximate surface area is 88.6 Å².